The predicted octanol–water partition coefficient (Wildman–Crippen LogP) is 3.59. The van der Waals surface area contributed by atoms with Gasteiger partial charge in [-0.2, -0.15) is 0 Å². The fourth-order valence-electron chi connectivity index (χ4n) is 2.16. The van der Waals surface area contributed by atoms with Gasteiger partial charge in [0.15, 0.2) is 0 Å². The van der Waals surface area contributed by atoms with Crippen molar-refractivity contribution < 1.29 is 9.53 Å². The van der Waals surface area contributed by atoms with Crippen molar-refractivity contribution in [1.82, 2.24) is 4.98 Å². The second-order valence-electron chi connectivity index (χ2n) is 4.72. The molecule has 1 radical (unpaired) electrons. The molecule has 1 aromatic rings. The van der Waals surface area contributed by atoms with Gasteiger partial charge in [-0.25, -0.2) is 0 Å². The highest BCUT2D eigenvalue weighted by atomic mass is 16.5. The summed E-state index contributed by atoms with van der Waals surface area (Å²) in [6.45, 7) is 8.75. The van der Waals surface area contributed by atoms with Gasteiger partial charge in [-0.1, -0.05) is 26.8 Å². The van der Waals surface area contributed by atoms with Crippen LogP contribution in [0.3, 0.4) is 0 Å². The molecule has 2 heterocycles. The van der Waals surface area contributed by atoms with Crippen LogP contribution in [-0.2, 0) is 16.9 Å². The first kappa shape index (κ1) is 13.9. The first-order valence-corrected chi connectivity index (χ1v) is 6.87. The van der Waals surface area contributed by atoms with Crippen LogP contribution in [0.15, 0.2) is 23.9 Å². The number of fused-ring (bicyclic) bond motifs is 1. The highest BCUT2D eigenvalue weighted by molar-refractivity contribution is 6.12. The van der Waals surface area contributed by atoms with Crippen LogP contribution >= 0.6 is 0 Å². The lowest BCUT2D eigenvalue weighted by Gasteiger charge is -2.22. The van der Waals surface area contributed by atoms with E-state index in [2.05, 4.69) is 18.8 Å². The highest BCUT2D eigenvalue weighted by Crippen LogP contribution is 2.39. The van der Waals surface area contributed by atoms with Crippen LogP contribution in [0.4, 0.5) is 0 Å². The fraction of sp³-hybridized carbons (Fsp3) is 0.438. The zero-order chi connectivity index (χ0) is 14.0. The molecule has 0 aromatic carbocycles. The Bertz CT molecular complexity index is 534. The van der Waals surface area contributed by atoms with Crippen molar-refractivity contribution in [2.24, 2.45) is 0 Å². The number of hydrogen-bond acceptors (Lipinski definition) is 3. The number of allylic oxidation sites excluding steroid dienone is 2. The standard InChI is InChI=1S/C14H14NO2.C2H6/c1-3-14(2)11-6-12(13(16)9-4-5-9)15-7-10(11)8-17-14;1-2/h4-7H,3,8H2,1-2H3;1-2H3. The van der Waals surface area contributed by atoms with E-state index in [9.17, 15) is 4.79 Å². The van der Waals surface area contributed by atoms with Gasteiger partial charge in [0.05, 0.1) is 12.2 Å². The molecule has 3 rings (SSSR count). The van der Waals surface area contributed by atoms with Gasteiger partial charge in [-0.3, -0.25) is 9.78 Å². The molecule has 19 heavy (non-hydrogen) atoms. The quantitative estimate of drug-likeness (QED) is 0.778. The number of Topliss-reactive ketones (excluding diaryl/α,β-unsaturated/α-hetero) is 1. The minimum atomic E-state index is -0.269. The third-order valence-electron chi connectivity index (χ3n) is 3.61. The Morgan fingerprint density at radius 2 is 2.16 bits per heavy atom. The van der Waals surface area contributed by atoms with Crippen LogP contribution in [0.2, 0.25) is 0 Å². The summed E-state index contributed by atoms with van der Waals surface area (Å²) < 4.78 is 5.80. The summed E-state index contributed by atoms with van der Waals surface area (Å²) in [6.07, 6.45) is 6.29. The minimum Gasteiger partial charge on any atom is -0.366 e. The molecule has 1 aliphatic heterocycles. The molecule has 0 fully saturated rings. The fourth-order valence-corrected chi connectivity index (χ4v) is 2.16. The van der Waals surface area contributed by atoms with Gasteiger partial charge >= 0.3 is 0 Å². The molecule has 3 heteroatoms. The van der Waals surface area contributed by atoms with Gasteiger partial charge in [0.1, 0.15) is 5.69 Å². The molecule has 1 aromatic heterocycles. The van der Waals surface area contributed by atoms with Crippen molar-refractivity contribution in [3.8, 4) is 0 Å². The van der Waals surface area contributed by atoms with Gasteiger partial charge < -0.3 is 4.74 Å². The molecular weight excluding hydrogens is 238 g/mol. The molecule has 1 aliphatic carbocycles. The molecule has 0 saturated heterocycles. The predicted molar refractivity (Wildman–Crippen MR) is 74.7 cm³/mol. The van der Waals surface area contributed by atoms with E-state index >= 15 is 0 Å². The number of hydrogen-bond donors (Lipinski definition) is 0. The number of carbonyl (C=O) groups excluding carboxylic acids is 1. The zero-order valence-electron chi connectivity index (χ0n) is 12.0. The third kappa shape index (κ3) is 2.47. The number of aromatic nitrogens is 1. The molecule has 1 unspecified atom stereocenters. The van der Waals surface area contributed by atoms with Gasteiger partial charge in [0.2, 0.25) is 5.78 Å². The van der Waals surface area contributed by atoms with E-state index in [0.29, 0.717) is 12.3 Å². The topological polar surface area (TPSA) is 39.2 Å². The molecular formula is C16H20NO2. The number of rotatable bonds is 3. The molecule has 0 saturated carbocycles. The van der Waals surface area contributed by atoms with E-state index in [1.165, 1.54) is 0 Å². The van der Waals surface area contributed by atoms with Crippen molar-refractivity contribution in [3.05, 3.63) is 47.2 Å². The second kappa shape index (κ2) is 5.25. The van der Waals surface area contributed by atoms with Crippen LogP contribution in [0.1, 0.15) is 55.7 Å². The monoisotopic (exact) mass is 258 g/mol. The lowest BCUT2D eigenvalue weighted by molar-refractivity contribution is -0.0259. The molecule has 3 nitrogen and oxygen atoms in total. The first-order valence-electron chi connectivity index (χ1n) is 6.87. The Morgan fingerprint density at radius 3 is 2.74 bits per heavy atom. The van der Waals surface area contributed by atoms with E-state index in [4.69, 9.17) is 4.74 Å². The third-order valence-corrected chi connectivity index (χ3v) is 3.61. The van der Waals surface area contributed by atoms with Crippen molar-refractivity contribution in [1.29, 1.82) is 0 Å². The summed E-state index contributed by atoms with van der Waals surface area (Å²) in [5.74, 6) is 0.0122. The number of nitrogens with zero attached hydrogens (tertiary/aromatic N) is 1. The summed E-state index contributed by atoms with van der Waals surface area (Å²) in [6, 6.07) is 1.89. The molecule has 2 aliphatic rings. The molecule has 0 N–H and O–H groups in total. The zero-order valence-corrected chi connectivity index (χ0v) is 12.0. The van der Waals surface area contributed by atoms with Crippen LogP contribution in [0.5, 0.6) is 0 Å². The van der Waals surface area contributed by atoms with E-state index in [1.54, 1.807) is 6.20 Å². The maximum absolute atomic E-state index is 11.9. The molecule has 0 spiro atoms. The van der Waals surface area contributed by atoms with Crippen LogP contribution in [0.25, 0.3) is 0 Å². The summed E-state index contributed by atoms with van der Waals surface area (Å²) in [5, 5.41) is 0. The minimum absolute atomic E-state index is 0.0122. The van der Waals surface area contributed by atoms with E-state index in [-0.39, 0.29) is 11.4 Å². The van der Waals surface area contributed by atoms with Gasteiger partial charge in [-0.05, 0) is 25.0 Å². The van der Waals surface area contributed by atoms with Gasteiger partial charge in [0.25, 0.3) is 0 Å². The Balaban J connectivity index is 0.000000637. The normalized spacial score (nSPS) is 23.1. The number of carbonyl (C=O) groups is 1. The Labute approximate surface area is 114 Å². The summed E-state index contributed by atoms with van der Waals surface area (Å²) in [5.41, 5.74) is 3.22. The van der Waals surface area contributed by atoms with Crippen LogP contribution in [-0.4, -0.2) is 10.8 Å². The maximum Gasteiger partial charge on any atom is 0.207 e. The van der Waals surface area contributed by atoms with Crippen molar-refractivity contribution in [2.45, 2.75) is 46.3 Å². The van der Waals surface area contributed by atoms with Crippen LogP contribution < -0.4 is 0 Å². The number of ether oxygens (including phenoxy) is 1. The smallest absolute Gasteiger partial charge is 0.207 e. The molecule has 1 atom stereocenters. The van der Waals surface area contributed by atoms with E-state index < -0.39 is 0 Å². The maximum atomic E-state index is 11.9. The van der Waals surface area contributed by atoms with E-state index in [0.717, 1.165) is 23.1 Å². The average molecular weight is 258 g/mol. The summed E-state index contributed by atoms with van der Waals surface area (Å²) >= 11 is 0. The van der Waals surface area contributed by atoms with Gasteiger partial charge in [-0.15, -0.1) is 0 Å². The Kier molecular flexibility index (Phi) is 3.85. The molecule has 0 bridgehead atoms. The summed E-state index contributed by atoms with van der Waals surface area (Å²) in [4.78, 5) is 16.1. The van der Waals surface area contributed by atoms with Crippen molar-refractivity contribution in [2.75, 3.05) is 0 Å². The second-order valence-corrected chi connectivity index (χ2v) is 4.72. The van der Waals surface area contributed by atoms with E-state index in [1.807, 2.05) is 32.4 Å². The lowest BCUT2D eigenvalue weighted by Crippen LogP contribution is -2.19. The highest BCUT2D eigenvalue weighted by Gasteiger charge is 2.35. The number of ketones is 1. The average Bonchev–Trinajstić information content (AvgIpc) is 3.26. The summed E-state index contributed by atoms with van der Waals surface area (Å²) in [7, 11) is 0. The SMILES string of the molecule is CC.CCC1(C)OCc2cnc(C(=O)C3=C[CH]3)cc21. The lowest BCUT2D eigenvalue weighted by atomic mass is 9.92. The molecule has 101 valence electrons. The van der Waals surface area contributed by atoms with Crippen molar-refractivity contribution in [3.63, 3.8) is 0 Å². The van der Waals surface area contributed by atoms with Gasteiger partial charge in [0, 0.05) is 23.8 Å². The Hall–Kier alpha value is -1.48. The first-order chi connectivity index (χ1) is 9.14. The largest absolute Gasteiger partial charge is 0.366 e. The van der Waals surface area contributed by atoms with Crippen LogP contribution in [0, 0.1) is 6.42 Å². The Morgan fingerprint density at radius 1 is 1.47 bits per heavy atom. The van der Waals surface area contributed by atoms with Crippen molar-refractivity contribution >= 4 is 5.78 Å². The number of pyridine rings is 1. The molecule has 0 amide bonds.